The maximum atomic E-state index is 11.3. The second-order valence-corrected chi connectivity index (χ2v) is 2.68. The molecular formula is C10H10N2O3. The summed E-state index contributed by atoms with van der Waals surface area (Å²) in [7, 11) is 1.45. The number of Topliss-reactive ketones (excluding diaryl/α,β-unsaturated/α-hetero) is 1. The number of rotatable bonds is 4. The number of primary amides is 1. The van der Waals surface area contributed by atoms with Crippen molar-refractivity contribution >= 4 is 17.8 Å². The summed E-state index contributed by atoms with van der Waals surface area (Å²) in [5.74, 6) is -1.48. The van der Waals surface area contributed by atoms with Crippen molar-refractivity contribution in [1.29, 1.82) is 0 Å². The van der Waals surface area contributed by atoms with E-state index in [9.17, 15) is 9.59 Å². The summed E-state index contributed by atoms with van der Waals surface area (Å²) in [6.07, 6.45) is 1.36. The highest BCUT2D eigenvalue weighted by Crippen LogP contribution is 2.14. The minimum absolute atomic E-state index is 0.123. The van der Waals surface area contributed by atoms with Gasteiger partial charge in [-0.3, -0.25) is 9.59 Å². The van der Waals surface area contributed by atoms with Crippen molar-refractivity contribution in [3.8, 4) is 5.88 Å². The van der Waals surface area contributed by atoms with Crippen molar-refractivity contribution in [3.63, 3.8) is 0 Å². The van der Waals surface area contributed by atoms with Gasteiger partial charge in [0.2, 0.25) is 5.88 Å². The Kier molecular flexibility index (Phi) is 3.17. The van der Waals surface area contributed by atoms with Crippen LogP contribution in [0.25, 0.3) is 6.08 Å². The number of aromatic nitrogens is 1. The van der Waals surface area contributed by atoms with Crippen LogP contribution in [0, 0.1) is 0 Å². The number of pyridine rings is 1. The molecule has 5 heteroatoms. The highest BCUT2D eigenvalue weighted by atomic mass is 16.5. The van der Waals surface area contributed by atoms with Crippen LogP contribution >= 0.6 is 0 Å². The second-order valence-electron chi connectivity index (χ2n) is 2.68. The Morgan fingerprint density at radius 3 is 2.67 bits per heavy atom. The van der Waals surface area contributed by atoms with E-state index >= 15 is 0 Å². The Hall–Kier alpha value is -2.17. The normalized spacial score (nSPS) is 9.40. The summed E-state index contributed by atoms with van der Waals surface area (Å²) >= 11 is 0. The molecule has 0 saturated carbocycles. The molecule has 0 atom stereocenters. The van der Waals surface area contributed by atoms with E-state index in [-0.39, 0.29) is 11.3 Å². The molecule has 78 valence electrons. The van der Waals surface area contributed by atoms with Gasteiger partial charge in [0.15, 0.2) is 0 Å². The van der Waals surface area contributed by atoms with Gasteiger partial charge in [-0.2, -0.15) is 0 Å². The molecule has 0 aliphatic rings. The topological polar surface area (TPSA) is 82.3 Å². The van der Waals surface area contributed by atoms with Gasteiger partial charge in [-0.05, 0) is 12.1 Å². The minimum Gasteiger partial charge on any atom is -0.481 e. The SMILES string of the molecule is C=Cc1nc(OC)ccc1C(=O)C(N)=O. The first kappa shape index (κ1) is 10.9. The lowest BCUT2D eigenvalue weighted by atomic mass is 10.1. The summed E-state index contributed by atoms with van der Waals surface area (Å²) in [5.41, 5.74) is 5.28. The Bertz CT molecular complexity index is 427. The molecule has 1 heterocycles. The molecule has 0 unspecified atom stereocenters. The van der Waals surface area contributed by atoms with Gasteiger partial charge >= 0.3 is 0 Å². The van der Waals surface area contributed by atoms with Gasteiger partial charge < -0.3 is 10.5 Å². The largest absolute Gasteiger partial charge is 0.481 e. The zero-order chi connectivity index (χ0) is 11.4. The molecule has 5 nitrogen and oxygen atoms in total. The number of nitrogens with zero attached hydrogens (tertiary/aromatic N) is 1. The Morgan fingerprint density at radius 2 is 2.20 bits per heavy atom. The number of hydrogen-bond donors (Lipinski definition) is 1. The third kappa shape index (κ3) is 2.19. The number of ether oxygens (including phenoxy) is 1. The lowest BCUT2D eigenvalue weighted by Gasteiger charge is -2.04. The number of carbonyl (C=O) groups excluding carboxylic acids is 2. The second kappa shape index (κ2) is 4.36. The molecule has 0 saturated heterocycles. The maximum absolute atomic E-state index is 11.3. The van der Waals surface area contributed by atoms with Gasteiger partial charge in [0.25, 0.3) is 11.7 Å². The molecule has 0 spiro atoms. The summed E-state index contributed by atoms with van der Waals surface area (Å²) in [4.78, 5) is 26.0. The van der Waals surface area contributed by atoms with E-state index in [1.54, 1.807) is 0 Å². The Labute approximate surface area is 86.6 Å². The lowest BCUT2D eigenvalue weighted by Crippen LogP contribution is -2.24. The van der Waals surface area contributed by atoms with Crippen LogP contribution in [0.1, 0.15) is 16.1 Å². The number of amides is 1. The molecule has 0 bridgehead atoms. The van der Waals surface area contributed by atoms with E-state index in [4.69, 9.17) is 10.5 Å². The van der Waals surface area contributed by atoms with Crippen LogP contribution in [0.4, 0.5) is 0 Å². The fourth-order valence-electron chi connectivity index (χ4n) is 1.05. The molecule has 2 N–H and O–H groups in total. The average molecular weight is 206 g/mol. The van der Waals surface area contributed by atoms with Crippen LogP contribution in [0.3, 0.4) is 0 Å². The summed E-state index contributed by atoms with van der Waals surface area (Å²) in [5, 5.41) is 0. The van der Waals surface area contributed by atoms with Gasteiger partial charge in [-0.25, -0.2) is 4.98 Å². The first-order valence-corrected chi connectivity index (χ1v) is 4.11. The van der Waals surface area contributed by atoms with Gasteiger partial charge in [0.05, 0.1) is 18.4 Å². The minimum atomic E-state index is -1.02. The first-order chi connectivity index (χ1) is 7.10. The van der Waals surface area contributed by atoms with E-state index in [0.717, 1.165) is 0 Å². The van der Waals surface area contributed by atoms with Crippen molar-refractivity contribution in [3.05, 3.63) is 30.0 Å². The van der Waals surface area contributed by atoms with Gasteiger partial charge in [-0.15, -0.1) is 0 Å². The van der Waals surface area contributed by atoms with Crippen molar-refractivity contribution in [2.75, 3.05) is 7.11 Å². The van der Waals surface area contributed by atoms with E-state index in [1.807, 2.05) is 0 Å². The fourth-order valence-corrected chi connectivity index (χ4v) is 1.05. The molecule has 1 aromatic rings. The van der Waals surface area contributed by atoms with E-state index in [1.165, 1.54) is 25.3 Å². The molecule has 0 radical (unpaired) electrons. The van der Waals surface area contributed by atoms with Gasteiger partial charge in [0, 0.05) is 6.07 Å². The first-order valence-electron chi connectivity index (χ1n) is 4.11. The van der Waals surface area contributed by atoms with E-state index < -0.39 is 11.7 Å². The number of ketones is 1. The Balaban J connectivity index is 3.24. The summed E-state index contributed by atoms with van der Waals surface area (Å²) in [6, 6.07) is 2.90. The monoisotopic (exact) mass is 206 g/mol. The van der Waals surface area contributed by atoms with E-state index in [2.05, 4.69) is 11.6 Å². The van der Waals surface area contributed by atoms with Crippen LogP contribution in [-0.2, 0) is 4.79 Å². The highest BCUT2D eigenvalue weighted by molar-refractivity contribution is 6.42. The quantitative estimate of drug-likeness (QED) is 0.571. The zero-order valence-corrected chi connectivity index (χ0v) is 8.19. The average Bonchev–Trinajstić information content (AvgIpc) is 2.27. The molecule has 0 fully saturated rings. The van der Waals surface area contributed by atoms with Gasteiger partial charge in [-0.1, -0.05) is 6.58 Å². The maximum Gasteiger partial charge on any atom is 0.289 e. The van der Waals surface area contributed by atoms with Crippen LogP contribution in [0.2, 0.25) is 0 Å². The predicted molar refractivity (Wildman–Crippen MR) is 54.4 cm³/mol. The zero-order valence-electron chi connectivity index (χ0n) is 8.19. The van der Waals surface area contributed by atoms with Crippen LogP contribution in [0.15, 0.2) is 18.7 Å². The lowest BCUT2D eigenvalue weighted by molar-refractivity contribution is -0.114. The van der Waals surface area contributed by atoms with Crippen LogP contribution in [-0.4, -0.2) is 23.8 Å². The van der Waals surface area contributed by atoms with Crippen molar-refractivity contribution < 1.29 is 14.3 Å². The third-order valence-electron chi connectivity index (χ3n) is 1.77. The molecule has 0 aliphatic carbocycles. The predicted octanol–water partition coefficient (Wildman–Crippen LogP) is 0.401. The van der Waals surface area contributed by atoms with Crippen molar-refractivity contribution in [2.45, 2.75) is 0 Å². The smallest absolute Gasteiger partial charge is 0.289 e. The fraction of sp³-hybridized carbons (Fsp3) is 0.100. The van der Waals surface area contributed by atoms with Crippen LogP contribution < -0.4 is 10.5 Å². The molecule has 1 amide bonds. The Morgan fingerprint density at radius 1 is 1.53 bits per heavy atom. The van der Waals surface area contributed by atoms with Gasteiger partial charge in [0.1, 0.15) is 0 Å². The number of nitrogens with two attached hydrogens (primary N) is 1. The summed E-state index contributed by atoms with van der Waals surface area (Å²) < 4.78 is 4.87. The standard InChI is InChI=1S/C10H10N2O3/c1-3-7-6(9(13)10(11)14)4-5-8(12-7)15-2/h3-5H,1H2,2H3,(H2,11,14). The molecule has 15 heavy (non-hydrogen) atoms. The van der Waals surface area contributed by atoms with E-state index in [0.29, 0.717) is 5.88 Å². The number of hydrogen-bond acceptors (Lipinski definition) is 4. The summed E-state index contributed by atoms with van der Waals surface area (Å²) in [6.45, 7) is 3.49. The molecule has 0 aliphatic heterocycles. The van der Waals surface area contributed by atoms with Crippen LogP contribution in [0.5, 0.6) is 5.88 Å². The third-order valence-corrected chi connectivity index (χ3v) is 1.77. The van der Waals surface area contributed by atoms with Crippen molar-refractivity contribution in [2.24, 2.45) is 5.73 Å². The molecular weight excluding hydrogens is 196 g/mol. The van der Waals surface area contributed by atoms with Crippen molar-refractivity contribution in [1.82, 2.24) is 4.98 Å². The molecule has 1 aromatic heterocycles. The molecule has 0 aromatic carbocycles. The number of methoxy groups -OCH3 is 1. The molecule has 1 rings (SSSR count). The number of carbonyl (C=O) groups is 2. The highest BCUT2D eigenvalue weighted by Gasteiger charge is 2.16.